The Hall–Kier alpha value is -1.60. The maximum atomic E-state index is 11.3. The lowest BCUT2D eigenvalue weighted by molar-refractivity contribution is -0.137. The van der Waals surface area contributed by atoms with E-state index in [1.807, 2.05) is 0 Å². The molecule has 1 aromatic rings. The number of para-hydroxylation sites is 1. The summed E-state index contributed by atoms with van der Waals surface area (Å²) in [6.07, 6.45) is 0.417. The number of rotatable bonds is 6. The van der Waals surface area contributed by atoms with Gasteiger partial charge in [0.15, 0.2) is 0 Å². The number of carboxylic acids is 1. The van der Waals surface area contributed by atoms with Crippen molar-refractivity contribution in [2.24, 2.45) is 5.14 Å². The highest BCUT2D eigenvalue weighted by Crippen LogP contribution is 2.20. The van der Waals surface area contributed by atoms with Crippen LogP contribution in [0.5, 0.6) is 0 Å². The van der Waals surface area contributed by atoms with Gasteiger partial charge >= 0.3 is 5.97 Å². The molecule has 100 valence electrons. The number of benzene rings is 1. The molecule has 6 nitrogen and oxygen atoms in total. The van der Waals surface area contributed by atoms with Crippen LogP contribution < -0.4 is 10.5 Å². The van der Waals surface area contributed by atoms with Crippen LogP contribution in [-0.2, 0) is 14.8 Å². The van der Waals surface area contributed by atoms with Gasteiger partial charge in [-0.05, 0) is 25.5 Å². The molecule has 0 aliphatic carbocycles. The topological polar surface area (TPSA) is 109 Å². The molecule has 0 aliphatic heterocycles. The Balaban J connectivity index is 2.82. The Kier molecular flexibility index (Phi) is 4.69. The van der Waals surface area contributed by atoms with E-state index in [1.54, 1.807) is 25.1 Å². The first-order chi connectivity index (χ1) is 8.30. The first kappa shape index (κ1) is 14.5. The normalized spacial score (nSPS) is 13.0. The fourth-order valence-corrected chi connectivity index (χ4v) is 2.21. The molecular formula is C11H16N2O4S. The number of hydrogen-bond acceptors (Lipinski definition) is 4. The van der Waals surface area contributed by atoms with Gasteiger partial charge in [0, 0.05) is 12.5 Å². The standard InChI is InChI=1S/C11H16N2O4S/c1-8(6-7-11(14)15)13-9-4-2-3-5-10(9)18(12,16)17/h2-5,8,13H,6-7H2,1H3,(H,14,15)(H2,12,16,17). The molecule has 18 heavy (non-hydrogen) atoms. The highest BCUT2D eigenvalue weighted by Gasteiger charge is 2.14. The predicted molar refractivity (Wildman–Crippen MR) is 67.8 cm³/mol. The summed E-state index contributed by atoms with van der Waals surface area (Å²) < 4.78 is 22.7. The number of hydrogen-bond donors (Lipinski definition) is 3. The summed E-state index contributed by atoms with van der Waals surface area (Å²) in [4.78, 5) is 10.4. The Morgan fingerprint density at radius 1 is 1.44 bits per heavy atom. The first-order valence-electron chi connectivity index (χ1n) is 5.41. The largest absolute Gasteiger partial charge is 0.481 e. The number of sulfonamides is 1. The van der Waals surface area contributed by atoms with E-state index in [1.165, 1.54) is 6.07 Å². The average Bonchev–Trinajstić information content (AvgIpc) is 2.25. The van der Waals surface area contributed by atoms with Crippen molar-refractivity contribution in [3.8, 4) is 0 Å². The Morgan fingerprint density at radius 2 is 2.06 bits per heavy atom. The van der Waals surface area contributed by atoms with E-state index in [4.69, 9.17) is 10.2 Å². The predicted octanol–water partition coefficient (Wildman–Crippen LogP) is 0.999. The van der Waals surface area contributed by atoms with E-state index in [0.717, 1.165) is 0 Å². The molecular weight excluding hydrogens is 256 g/mol. The summed E-state index contributed by atoms with van der Waals surface area (Å²) in [6.45, 7) is 1.78. The van der Waals surface area contributed by atoms with Crippen molar-refractivity contribution >= 4 is 21.7 Å². The molecule has 0 saturated heterocycles. The van der Waals surface area contributed by atoms with Gasteiger partial charge in [-0.1, -0.05) is 12.1 Å². The minimum absolute atomic E-state index is 0.00664. The highest BCUT2D eigenvalue weighted by molar-refractivity contribution is 7.89. The summed E-state index contributed by atoms with van der Waals surface area (Å²) in [7, 11) is -3.79. The van der Waals surface area contributed by atoms with Gasteiger partial charge in [0.25, 0.3) is 0 Å². The summed E-state index contributed by atoms with van der Waals surface area (Å²) in [5.41, 5.74) is 0.387. The van der Waals surface area contributed by atoms with E-state index in [9.17, 15) is 13.2 Å². The van der Waals surface area contributed by atoms with Crippen LogP contribution in [0.15, 0.2) is 29.2 Å². The van der Waals surface area contributed by atoms with Crippen LogP contribution in [-0.4, -0.2) is 25.5 Å². The summed E-state index contributed by atoms with van der Waals surface area (Å²) >= 11 is 0. The monoisotopic (exact) mass is 272 g/mol. The van der Waals surface area contributed by atoms with Gasteiger partial charge in [-0.15, -0.1) is 0 Å². The molecule has 1 unspecified atom stereocenters. The van der Waals surface area contributed by atoms with Crippen LogP contribution in [0.4, 0.5) is 5.69 Å². The maximum absolute atomic E-state index is 11.3. The second-order valence-electron chi connectivity index (χ2n) is 4.02. The van der Waals surface area contributed by atoms with Crippen molar-refractivity contribution in [2.45, 2.75) is 30.7 Å². The van der Waals surface area contributed by atoms with Crippen molar-refractivity contribution in [3.63, 3.8) is 0 Å². The third-order valence-electron chi connectivity index (χ3n) is 2.39. The number of carboxylic acid groups (broad SMARTS) is 1. The molecule has 1 atom stereocenters. The van der Waals surface area contributed by atoms with E-state index in [-0.39, 0.29) is 17.4 Å². The molecule has 0 spiro atoms. The average molecular weight is 272 g/mol. The second kappa shape index (κ2) is 5.83. The van der Waals surface area contributed by atoms with E-state index in [0.29, 0.717) is 12.1 Å². The number of nitrogens with one attached hydrogen (secondary N) is 1. The smallest absolute Gasteiger partial charge is 0.303 e. The van der Waals surface area contributed by atoms with Gasteiger partial charge in [-0.3, -0.25) is 4.79 Å². The molecule has 4 N–H and O–H groups in total. The lowest BCUT2D eigenvalue weighted by Crippen LogP contribution is -2.20. The molecule has 7 heteroatoms. The fraction of sp³-hybridized carbons (Fsp3) is 0.364. The summed E-state index contributed by atoms with van der Waals surface area (Å²) in [5, 5.41) is 16.6. The zero-order chi connectivity index (χ0) is 13.8. The Labute approximate surface area is 106 Å². The number of aliphatic carboxylic acids is 1. The van der Waals surface area contributed by atoms with E-state index >= 15 is 0 Å². The van der Waals surface area contributed by atoms with E-state index < -0.39 is 16.0 Å². The maximum Gasteiger partial charge on any atom is 0.303 e. The third-order valence-corrected chi connectivity index (χ3v) is 3.36. The molecule has 0 heterocycles. The van der Waals surface area contributed by atoms with Crippen LogP contribution in [0.2, 0.25) is 0 Å². The lowest BCUT2D eigenvalue weighted by atomic mass is 10.1. The van der Waals surface area contributed by atoms with Crippen molar-refractivity contribution in [3.05, 3.63) is 24.3 Å². The minimum Gasteiger partial charge on any atom is -0.481 e. The molecule has 0 aromatic heterocycles. The fourth-order valence-electron chi connectivity index (χ4n) is 1.51. The number of primary sulfonamides is 1. The van der Waals surface area contributed by atoms with Crippen molar-refractivity contribution in [2.75, 3.05) is 5.32 Å². The molecule has 0 fully saturated rings. The van der Waals surface area contributed by atoms with Gasteiger partial charge in [-0.25, -0.2) is 13.6 Å². The lowest BCUT2D eigenvalue weighted by Gasteiger charge is -2.16. The number of nitrogens with two attached hydrogens (primary N) is 1. The minimum atomic E-state index is -3.79. The Morgan fingerprint density at radius 3 is 2.61 bits per heavy atom. The number of anilines is 1. The van der Waals surface area contributed by atoms with Crippen LogP contribution in [0.1, 0.15) is 19.8 Å². The van der Waals surface area contributed by atoms with Crippen LogP contribution >= 0.6 is 0 Å². The SMILES string of the molecule is CC(CCC(=O)O)Nc1ccccc1S(N)(=O)=O. The zero-order valence-corrected chi connectivity index (χ0v) is 10.8. The van der Waals surface area contributed by atoms with Gasteiger partial charge < -0.3 is 10.4 Å². The molecule has 0 bridgehead atoms. The highest BCUT2D eigenvalue weighted by atomic mass is 32.2. The summed E-state index contributed by atoms with van der Waals surface area (Å²) in [6, 6.07) is 6.09. The van der Waals surface area contributed by atoms with Crippen LogP contribution in [0.25, 0.3) is 0 Å². The van der Waals surface area contributed by atoms with E-state index in [2.05, 4.69) is 5.32 Å². The second-order valence-corrected chi connectivity index (χ2v) is 5.55. The third kappa shape index (κ3) is 4.34. The molecule has 1 rings (SSSR count). The van der Waals surface area contributed by atoms with Gasteiger partial charge in [0.1, 0.15) is 4.90 Å². The summed E-state index contributed by atoms with van der Waals surface area (Å²) in [5.74, 6) is -0.886. The quantitative estimate of drug-likeness (QED) is 0.715. The molecule has 1 aromatic carbocycles. The zero-order valence-electron chi connectivity index (χ0n) is 9.96. The van der Waals surface area contributed by atoms with Crippen LogP contribution in [0, 0.1) is 0 Å². The first-order valence-corrected chi connectivity index (χ1v) is 6.95. The molecule has 0 radical (unpaired) electrons. The van der Waals surface area contributed by atoms with Crippen LogP contribution in [0.3, 0.4) is 0 Å². The van der Waals surface area contributed by atoms with Crippen molar-refractivity contribution in [1.82, 2.24) is 0 Å². The Bertz CT molecular complexity index is 528. The van der Waals surface area contributed by atoms with Gasteiger partial charge in [0.05, 0.1) is 5.69 Å². The molecule has 0 amide bonds. The van der Waals surface area contributed by atoms with Gasteiger partial charge in [0.2, 0.25) is 10.0 Å². The van der Waals surface area contributed by atoms with Crippen molar-refractivity contribution < 1.29 is 18.3 Å². The molecule has 0 aliphatic rings. The molecule has 0 saturated carbocycles. The number of carbonyl (C=O) groups is 1. The van der Waals surface area contributed by atoms with Crippen molar-refractivity contribution in [1.29, 1.82) is 0 Å². The van der Waals surface area contributed by atoms with Gasteiger partial charge in [-0.2, -0.15) is 0 Å².